The summed E-state index contributed by atoms with van der Waals surface area (Å²) >= 11 is 0. The third-order valence-corrected chi connectivity index (χ3v) is 2.53. The number of H-pyrrole nitrogens is 1. The maximum absolute atomic E-state index is 12.0. The summed E-state index contributed by atoms with van der Waals surface area (Å²) in [4.78, 5) is 47.4. The number of carbonyl (C=O) groups is 2. The number of nitrogens with zero attached hydrogens (tertiary/aromatic N) is 1. The van der Waals surface area contributed by atoms with E-state index >= 15 is 0 Å². The van der Waals surface area contributed by atoms with E-state index in [0.29, 0.717) is 4.57 Å². The van der Waals surface area contributed by atoms with E-state index in [0.717, 1.165) is 0 Å². The van der Waals surface area contributed by atoms with E-state index in [1.54, 1.807) is 6.07 Å². The van der Waals surface area contributed by atoms with E-state index in [1.807, 2.05) is 4.98 Å². The topological polar surface area (TPSA) is 132 Å². The Balaban J connectivity index is 0.00000220. The van der Waals surface area contributed by atoms with Crippen LogP contribution in [0, 0.1) is 0 Å². The standard InChI is InChI=1S/C12H8N2O6.Li/c15-9-7(10(16)17)8(11(18)19)13-12(20)14(9)6-4-2-1-3-5-6;/h1-5H,(H,13,20)(H,16,17)(H,18,19);/q;+1/p-1. The predicted octanol–water partition coefficient (Wildman–Crippen LogP) is -4.41. The van der Waals surface area contributed by atoms with Crippen LogP contribution in [0.25, 0.3) is 5.69 Å². The minimum Gasteiger partial charge on any atom is -0.543 e. The molecule has 0 aliphatic heterocycles. The number of hydrogen-bond acceptors (Lipinski definition) is 5. The number of carbonyl (C=O) groups excluding carboxylic acids is 1. The maximum atomic E-state index is 12.0. The van der Waals surface area contributed by atoms with Crippen LogP contribution in [0.4, 0.5) is 0 Å². The summed E-state index contributed by atoms with van der Waals surface area (Å²) in [6, 6.07) is 7.51. The van der Waals surface area contributed by atoms with Crippen molar-refractivity contribution in [3.8, 4) is 5.69 Å². The van der Waals surface area contributed by atoms with E-state index in [9.17, 15) is 24.3 Å². The third kappa shape index (κ3) is 2.96. The van der Waals surface area contributed by atoms with Gasteiger partial charge in [-0.2, -0.15) is 0 Å². The molecule has 2 rings (SSSR count). The van der Waals surface area contributed by atoms with Gasteiger partial charge in [-0.25, -0.2) is 14.2 Å². The second-order valence-corrected chi connectivity index (χ2v) is 3.75. The molecule has 102 valence electrons. The van der Waals surface area contributed by atoms with Gasteiger partial charge in [-0.3, -0.25) is 4.79 Å². The number of rotatable bonds is 3. The number of aromatic carboxylic acids is 2. The Kier molecular flexibility index (Phi) is 4.91. The summed E-state index contributed by atoms with van der Waals surface area (Å²) in [5.41, 5.74) is -4.31. The number of aromatic amines is 1. The molecule has 0 spiro atoms. The molecule has 1 aromatic heterocycles. The van der Waals surface area contributed by atoms with Gasteiger partial charge in [0.15, 0.2) is 5.56 Å². The van der Waals surface area contributed by atoms with Crippen molar-refractivity contribution in [1.29, 1.82) is 0 Å². The van der Waals surface area contributed by atoms with E-state index in [4.69, 9.17) is 5.11 Å². The quantitative estimate of drug-likeness (QED) is 0.546. The number of para-hydroxylation sites is 1. The molecule has 0 radical (unpaired) electrons. The molecule has 8 nitrogen and oxygen atoms in total. The summed E-state index contributed by atoms with van der Waals surface area (Å²) < 4.78 is 0.538. The molecular weight excluding hydrogens is 275 g/mol. The summed E-state index contributed by atoms with van der Waals surface area (Å²) in [5.74, 6) is -3.72. The van der Waals surface area contributed by atoms with Crippen molar-refractivity contribution in [2.75, 3.05) is 0 Å². The first kappa shape index (κ1) is 16.5. The fourth-order valence-corrected chi connectivity index (χ4v) is 1.70. The van der Waals surface area contributed by atoms with E-state index in [1.165, 1.54) is 24.3 Å². The second kappa shape index (κ2) is 6.26. The first-order valence-corrected chi connectivity index (χ1v) is 5.33. The summed E-state index contributed by atoms with van der Waals surface area (Å²) in [5, 5.41) is 19.7. The summed E-state index contributed by atoms with van der Waals surface area (Å²) in [6.45, 7) is 0. The fraction of sp³-hybridized carbons (Fsp3) is 0. The van der Waals surface area contributed by atoms with Crippen LogP contribution >= 0.6 is 0 Å². The molecule has 0 aliphatic carbocycles. The van der Waals surface area contributed by atoms with Crippen LogP contribution < -0.4 is 35.2 Å². The van der Waals surface area contributed by atoms with E-state index < -0.39 is 34.4 Å². The minimum absolute atomic E-state index is 0. The van der Waals surface area contributed by atoms with E-state index in [2.05, 4.69) is 0 Å². The van der Waals surface area contributed by atoms with Crippen molar-refractivity contribution in [2.24, 2.45) is 0 Å². The number of carboxylic acids is 2. The Hall–Kier alpha value is -2.56. The number of hydrogen-bond donors (Lipinski definition) is 2. The van der Waals surface area contributed by atoms with Crippen LogP contribution in [0.1, 0.15) is 20.8 Å². The Morgan fingerprint density at radius 3 is 2.19 bits per heavy atom. The number of nitrogens with one attached hydrogen (secondary N) is 1. The molecule has 2 aromatic rings. The molecular formula is C12H7LiN2O6. The van der Waals surface area contributed by atoms with Crippen molar-refractivity contribution in [2.45, 2.75) is 0 Å². The zero-order valence-corrected chi connectivity index (χ0v) is 10.8. The van der Waals surface area contributed by atoms with Gasteiger partial charge in [-0.05, 0) is 12.1 Å². The van der Waals surface area contributed by atoms with Crippen LogP contribution in [-0.4, -0.2) is 26.6 Å². The average Bonchev–Trinajstić information content (AvgIpc) is 2.38. The molecule has 2 N–H and O–H groups in total. The van der Waals surface area contributed by atoms with Gasteiger partial charge >= 0.3 is 30.5 Å². The van der Waals surface area contributed by atoms with Crippen molar-refractivity contribution >= 4 is 11.9 Å². The molecule has 1 aromatic carbocycles. The van der Waals surface area contributed by atoms with Gasteiger partial charge in [0.1, 0.15) is 0 Å². The van der Waals surface area contributed by atoms with Crippen LogP contribution in [0.2, 0.25) is 0 Å². The molecule has 21 heavy (non-hydrogen) atoms. The van der Waals surface area contributed by atoms with Crippen molar-refractivity contribution in [3.63, 3.8) is 0 Å². The van der Waals surface area contributed by atoms with Crippen molar-refractivity contribution in [1.82, 2.24) is 9.55 Å². The van der Waals surface area contributed by atoms with Gasteiger partial charge in [0.25, 0.3) is 5.56 Å². The molecule has 0 aliphatic rings. The van der Waals surface area contributed by atoms with Crippen molar-refractivity contribution < 1.29 is 38.7 Å². The number of carboxylic acid groups (broad SMARTS) is 2. The molecule has 9 heteroatoms. The predicted molar refractivity (Wildman–Crippen MR) is 63.9 cm³/mol. The Bertz CT molecular complexity index is 809. The minimum atomic E-state index is -1.95. The zero-order chi connectivity index (χ0) is 14.9. The van der Waals surface area contributed by atoms with Crippen LogP contribution in [0.3, 0.4) is 0 Å². The average molecular weight is 282 g/mol. The normalized spacial score (nSPS) is 9.71. The van der Waals surface area contributed by atoms with Gasteiger partial charge in [0.05, 0.1) is 17.4 Å². The largest absolute Gasteiger partial charge is 1.00 e. The summed E-state index contributed by atoms with van der Waals surface area (Å²) in [6.07, 6.45) is 0. The maximum Gasteiger partial charge on any atom is 1.00 e. The van der Waals surface area contributed by atoms with Crippen LogP contribution in [0.15, 0.2) is 39.9 Å². The molecule has 0 unspecified atom stereocenters. The first-order valence-electron chi connectivity index (χ1n) is 5.33. The van der Waals surface area contributed by atoms with Gasteiger partial charge < -0.3 is 20.0 Å². The van der Waals surface area contributed by atoms with Gasteiger partial charge in [-0.1, -0.05) is 18.2 Å². The van der Waals surface area contributed by atoms with E-state index in [-0.39, 0.29) is 24.5 Å². The third-order valence-electron chi connectivity index (χ3n) is 2.53. The van der Waals surface area contributed by atoms with Crippen molar-refractivity contribution in [3.05, 3.63) is 62.4 Å². The smallest absolute Gasteiger partial charge is 0.543 e. The Morgan fingerprint density at radius 1 is 1.14 bits per heavy atom. The second-order valence-electron chi connectivity index (χ2n) is 3.75. The fourth-order valence-electron chi connectivity index (χ4n) is 1.70. The Labute approximate surface area is 128 Å². The van der Waals surface area contributed by atoms with Crippen LogP contribution in [-0.2, 0) is 0 Å². The number of benzene rings is 1. The molecule has 0 saturated carbocycles. The molecule has 1 heterocycles. The Morgan fingerprint density at radius 2 is 1.71 bits per heavy atom. The molecule has 0 saturated heterocycles. The first-order chi connectivity index (χ1) is 9.43. The summed E-state index contributed by atoms with van der Waals surface area (Å²) in [7, 11) is 0. The zero-order valence-electron chi connectivity index (χ0n) is 10.8. The molecule has 0 atom stereocenters. The monoisotopic (exact) mass is 282 g/mol. The molecule has 0 amide bonds. The molecule has 0 fully saturated rings. The van der Waals surface area contributed by atoms with Gasteiger partial charge in [0.2, 0.25) is 0 Å². The van der Waals surface area contributed by atoms with Crippen LogP contribution in [0.5, 0.6) is 0 Å². The van der Waals surface area contributed by atoms with Gasteiger partial charge in [0, 0.05) is 0 Å². The molecule has 0 bridgehead atoms. The van der Waals surface area contributed by atoms with Gasteiger partial charge in [-0.15, -0.1) is 0 Å². The number of aromatic nitrogens is 2. The SMILES string of the molecule is O=C([O-])c1[nH]c(=O)n(-c2ccccc2)c(=O)c1C(=O)O.[Li+].